The molecule has 0 amide bonds. The van der Waals surface area contributed by atoms with Gasteiger partial charge in [0.05, 0.1) is 23.2 Å². The molecule has 0 aliphatic heterocycles. The van der Waals surface area contributed by atoms with Crippen LogP contribution in [0.2, 0.25) is 0 Å². The number of ether oxygens (including phenoxy) is 1. The first-order valence-corrected chi connectivity index (χ1v) is 12.3. The molecular weight excluding hydrogens is 412 g/mol. The van der Waals surface area contributed by atoms with Crippen molar-refractivity contribution < 1.29 is 14.6 Å². The van der Waals surface area contributed by atoms with Gasteiger partial charge < -0.3 is 14.8 Å². The van der Waals surface area contributed by atoms with E-state index in [1.165, 1.54) is 25.7 Å². The number of para-hydroxylation sites is 2. The van der Waals surface area contributed by atoms with Crippen LogP contribution < -0.4 is 0 Å². The number of imidazole rings is 1. The van der Waals surface area contributed by atoms with Gasteiger partial charge in [-0.05, 0) is 42.0 Å². The Morgan fingerprint density at radius 3 is 2.52 bits per heavy atom. The van der Waals surface area contributed by atoms with Gasteiger partial charge in [0.2, 0.25) is 0 Å². The summed E-state index contributed by atoms with van der Waals surface area (Å²) in [5.41, 5.74) is 4.02. The fourth-order valence-electron chi connectivity index (χ4n) is 4.06. The minimum absolute atomic E-state index is 0.167. The topological polar surface area (TPSA) is 75.2 Å². The van der Waals surface area contributed by atoms with Gasteiger partial charge in [-0.15, -0.1) is 0 Å². The normalized spacial score (nSPS) is 11.8. The van der Waals surface area contributed by atoms with E-state index in [-0.39, 0.29) is 17.1 Å². The SMILES string of the molecule is CCCCCCCCOC(=O)CCc1cc(-c2nc3ccccc3[nH]2)c(O)c(C(C)(C)C)c1. The van der Waals surface area contributed by atoms with E-state index >= 15 is 0 Å². The van der Waals surface area contributed by atoms with Crippen LogP contribution in [0.1, 0.15) is 83.8 Å². The van der Waals surface area contributed by atoms with Crippen molar-refractivity contribution in [2.75, 3.05) is 6.61 Å². The van der Waals surface area contributed by atoms with E-state index in [0.29, 0.717) is 30.8 Å². The second-order valence-corrected chi connectivity index (χ2v) is 9.88. The third kappa shape index (κ3) is 6.83. The van der Waals surface area contributed by atoms with E-state index in [1.807, 2.05) is 36.4 Å². The van der Waals surface area contributed by atoms with Gasteiger partial charge in [-0.1, -0.05) is 78.0 Å². The Labute approximate surface area is 197 Å². The zero-order valence-corrected chi connectivity index (χ0v) is 20.5. The Hall–Kier alpha value is -2.82. The number of aromatic amines is 1. The zero-order chi connectivity index (χ0) is 23.8. The predicted octanol–water partition coefficient (Wildman–Crippen LogP) is 7.07. The number of rotatable bonds is 11. The Morgan fingerprint density at radius 1 is 1.06 bits per heavy atom. The molecule has 3 aromatic rings. The minimum atomic E-state index is -0.251. The standard InChI is InChI=1S/C28H38N2O3/c1-5-6-7-8-9-12-17-33-25(31)16-15-20-18-21(26(32)22(19-20)28(2,3)4)27-29-23-13-10-11-14-24(23)30-27/h10-11,13-14,18-19,32H,5-9,12,15-17H2,1-4H3,(H,29,30). The molecule has 0 aliphatic rings. The second kappa shape index (κ2) is 11.4. The van der Waals surface area contributed by atoms with Crippen molar-refractivity contribution in [1.29, 1.82) is 0 Å². The predicted molar refractivity (Wildman–Crippen MR) is 135 cm³/mol. The molecule has 0 unspecified atom stereocenters. The van der Waals surface area contributed by atoms with E-state index in [9.17, 15) is 9.90 Å². The van der Waals surface area contributed by atoms with Crippen LogP contribution in [0.25, 0.3) is 22.4 Å². The highest BCUT2D eigenvalue weighted by Crippen LogP contribution is 2.39. The third-order valence-corrected chi connectivity index (χ3v) is 6.00. The number of phenolic OH excluding ortho intramolecular Hbond substituents is 1. The van der Waals surface area contributed by atoms with Crippen molar-refractivity contribution in [3.63, 3.8) is 0 Å². The summed E-state index contributed by atoms with van der Waals surface area (Å²) in [5, 5.41) is 11.1. The summed E-state index contributed by atoms with van der Waals surface area (Å²) < 4.78 is 5.44. The number of fused-ring (bicyclic) bond motifs is 1. The number of esters is 1. The van der Waals surface area contributed by atoms with Crippen molar-refractivity contribution in [2.24, 2.45) is 0 Å². The molecule has 0 spiro atoms. The summed E-state index contributed by atoms with van der Waals surface area (Å²) in [4.78, 5) is 20.3. The number of benzene rings is 2. The molecule has 0 bridgehead atoms. The highest BCUT2D eigenvalue weighted by Gasteiger charge is 2.23. The van der Waals surface area contributed by atoms with E-state index in [2.05, 4.69) is 37.7 Å². The third-order valence-electron chi connectivity index (χ3n) is 6.00. The molecule has 3 rings (SSSR count). The maximum absolute atomic E-state index is 12.3. The highest BCUT2D eigenvalue weighted by molar-refractivity contribution is 5.81. The summed E-state index contributed by atoms with van der Waals surface area (Å²) >= 11 is 0. The molecule has 0 saturated carbocycles. The molecule has 1 heterocycles. The van der Waals surface area contributed by atoms with Crippen LogP contribution in [0.3, 0.4) is 0 Å². The molecule has 0 atom stereocenters. The smallest absolute Gasteiger partial charge is 0.306 e. The van der Waals surface area contributed by atoms with Crippen molar-refractivity contribution in [3.8, 4) is 17.1 Å². The summed E-state index contributed by atoms with van der Waals surface area (Å²) in [5.74, 6) is 0.696. The largest absolute Gasteiger partial charge is 0.507 e. The summed E-state index contributed by atoms with van der Waals surface area (Å²) in [6.45, 7) is 8.92. The van der Waals surface area contributed by atoms with Crippen LogP contribution >= 0.6 is 0 Å². The fourth-order valence-corrected chi connectivity index (χ4v) is 4.06. The van der Waals surface area contributed by atoms with E-state index in [0.717, 1.165) is 35.0 Å². The van der Waals surface area contributed by atoms with Gasteiger partial charge in [-0.25, -0.2) is 4.98 Å². The summed E-state index contributed by atoms with van der Waals surface area (Å²) in [6, 6.07) is 11.8. The van der Waals surface area contributed by atoms with Gasteiger partial charge >= 0.3 is 5.97 Å². The Kier molecular flexibility index (Phi) is 8.54. The monoisotopic (exact) mass is 450 g/mol. The number of hydrogen-bond donors (Lipinski definition) is 2. The highest BCUT2D eigenvalue weighted by atomic mass is 16.5. The zero-order valence-electron chi connectivity index (χ0n) is 20.5. The molecule has 1 aromatic heterocycles. The number of carbonyl (C=O) groups is 1. The second-order valence-electron chi connectivity index (χ2n) is 9.88. The number of aromatic hydroxyl groups is 1. The van der Waals surface area contributed by atoms with Crippen LogP contribution in [-0.2, 0) is 21.4 Å². The molecule has 178 valence electrons. The minimum Gasteiger partial charge on any atom is -0.507 e. The van der Waals surface area contributed by atoms with Gasteiger partial charge in [-0.2, -0.15) is 0 Å². The van der Waals surface area contributed by atoms with Crippen molar-refractivity contribution in [1.82, 2.24) is 9.97 Å². The number of hydrogen-bond acceptors (Lipinski definition) is 4. The lowest BCUT2D eigenvalue weighted by Gasteiger charge is -2.23. The molecule has 0 radical (unpaired) electrons. The Balaban J connectivity index is 1.69. The Bertz CT molecular complexity index is 1030. The van der Waals surface area contributed by atoms with Crippen LogP contribution in [-0.4, -0.2) is 27.7 Å². The van der Waals surface area contributed by atoms with Crippen molar-refractivity contribution in [3.05, 3.63) is 47.5 Å². The number of nitrogens with zero attached hydrogens (tertiary/aromatic N) is 1. The van der Waals surface area contributed by atoms with Gasteiger partial charge in [0.25, 0.3) is 0 Å². The number of aryl methyl sites for hydroxylation is 1. The average Bonchev–Trinajstić information content (AvgIpc) is 3.21. The summed E-state index contributed by atoms with van der Waals surface area (Å²) in [6.07, 6.45) is 7.91. The molecule has 0 fully saturated rings. The van der Waals surface area contributed by atoms with Gasteiger partial charge in [0, 0.05) is 12.0 Å². The van der Waals surface area contributed by atoms with E-state index in [4.69, 9.17) is 4.74 Å². The lowest BCUT2D eigenvalue weighted by Crippen LogP contribution is -2.13. The first kappa shape index (κ1) is 24.8. The summed E-state index contributed by atoms with van der Waals surface area (Å²) in [7, 11) is 0. The van der Waals surface area contributed by atoms with Crippen LogP contribution in [0.15, 0.2) is 36.4 Å². The molecule has 5 nitrogen and oxygen atoms in total. The van der Waals surface area contributed by atoms with E-state index in [1.54, 1.807) is 0 Å². The molecule has 5 heteroatoms. The fraction of sp³-hybridized carbons (Fsp3) is 0.500. The lowest BCUT2D eigenvalue weighted by atomic mass is 9.83. The van der Waals surface area contributed by atoms with Gasteiger partial charge in [-0.3, -0.25) is 4.79 Å². The number of unbranched alkanes of at least 4 members (excludes halogenated alkanes) is 5. The number of nitrogens with one attached hydrogen (secondary N) is 1. The number of carbonyl (C=O) groups excluding carboxylic acids is 1. The van der Waals surface area contributed by atoms with Crippen molar-refractivity contribution in [2.45, 2.75) is 84.5 Å². The number of phenols is 1. The lowest BCUT2D eigenvalue weighted by molar-refractivity contribution is -0.143. The van der Waals surface area contributed by atoms with Crippen molar-refractivity contribution >= 4 is 17.0 Å². The van der Waals surface area contributed by atoms with E-state index < -0.39 is 0 Å². The number of aromatic nitrogens is 2. The van der Waals surface area contributed by atoms with Crippen LogP contribution in [0.5, 0.6) is 5.75 Å². The Morgan fingerprint density at radius 2 is 1.79 bits per heavy atom. The molecule has 2 aromatic carbocycles. The molecule has 33 heavy (non-hydrogen) atoms. The maximum atomic E-state index is 12.3. The molecule has 2 N–H and O–H groups in total. The molecule has 0 saturated heterocycles. The first-order valence-electron chi connectivity index (χ1n) is 12.3. The molecule has 0 aliphatic carbocycles. The number of H-pyrrole nitrogens is 1. The van der Waals surface area contributed by atoms with Gasteiger partial charge in [0.1, 0.15) is 11.6 Å². The van der Waals surface area contributed by atoms with Crippen LogP contribution in [0, 0.1) is 0 Å². The average molecular weight is 451 g/mol. The maximum Gasteiger partial charge on any atom is 0.306 e. The molecular formula is C28H38N2O3. The quantitative estimate of drug-likeness (QED) is 0.242. The first-order chi connectivity index (χ1) is 15.8. The van der Waals surface area contributed by atoms with Gasteiger partial charge in [0.15, 0.2) is 0 Å². The van der Waals surface area contributed by atoms with Crippen LogP contribution in [0.4, 0.5) is 0 Å².